The maximum Gasteiger partial charge on any atom is 0.253 e. The molecule has 2 atom stereocenters. The van der Waals surface area contributed by atoms with E-state index in [1.807, 2.05) is 29.2 Å². The van der Waals surface area contributed by atoms with Crippen molar-refractivity contribution in [1.29, 1.82) is 0 Å². The fourth-order valence-electron chi connectivity index (χ4n) is 3.05. The molecule has 2 fully saturated rings. The first-order valence-corrected chi connectivity index (χ1v) is 8.43. The minimum Gasteiger partial charge on any atom is -0.337 e. The maximum absolute atomic E-state index is 12.6. The fourth-order valence-corrected chi connectivity index (χ4v) is 3.05. The summed E-state index contributed by atoms with van der Waals surface area (Å²) < 4.78 is 0. The van der Waals surface area contributed by atoms with Crippen molar-refractivity contribution in [1.82, 2.24) is 9.80 Å². The molecule has 5 nitrogen and oxygen atoms in total. The Kier molecular flexibility index (Phi) is 4.66. The number of nitrogens with one attached hydrogen (secondary N) is 1. The quantitative estimate of drug-likeness (QED) is 0.929. The highest BCUT2D eigenvalue weighted by Gasteiger charge is 2.39. The van der Waals surface area contributed by atoms with Gasteiger partial charge < -0.3 is 15.1 Å². The Balaban J connectivity index is 1.59. The summed E-state index contributed by atoms with van der Waals surface area (Å²) in [6.07, 6.45) is 1.99. The van der Waals surface area contributed by atoms with Gasteiger partial charge in [0.15, 0.2) is 0 Å². The maximum atomic E-state index is 12.6. The highest BCUT2D eigenvalue weighted by Crippen LogP contribution is 2.38. The number of benzene rings is 1. The Labute approximate surface area is 137 Å². The van der Waals surface area contributed by atoms with E-state index in [1.165, 1.54) is 0 Å². The van der Waals surface area contributed by atoms with Gasteiger partial charge in [-0.25, -0.2) is 0 Å². The zero-order valence-corrected chi connectivity index (χ0v) is 13.9. The van der Waals surface area contributed by atoms with Crippen molar-refractivity contribution in [2.45, 2.75) is 19.8 Å². The highest BCUT2D eigenvalue weighted by atomic mass is 16.2. The van der Waals surface area contributed by atoms with Crippen LogP contribution in [0.3, 0.4) is 0 Å². The first kappa shape index (κ1) is 16.0. The van der Waals surface area contributed by atoms with E-state index in [1.54, 1.807) is 0 Å². The van der Waals surface area contributed by atoms with E-state index in [0.29, 0.717) is 11.5 Å². The molecule has 2 amide bonds. The largest absolute Gasteiger partial charge is 0.337 e. The molecule has 2 aliphatic rings. The Morgan fingerprint density at radius 1 is 1.09 bits per heavy atom. The topological polar surface area (TPSA) is 52.7 Å². The zero-order chi connectivity index (χ0) is 16.4. The van der Waals surface area contributed by atoms with Gasteiger partial charge in [0.25, 0.3) is 5.91 Å². The molecular formula is C18H25N3O2. The summed E-state index contributed by atoms with van der Waals surface area (Å²) in [6.45, 7) is 5.62. The molecule has 3 rings (SSSR count). The molecule has 1 saturated carbocycles. The molecule has 0 bridgehead atoms. The molecule has 1 aliphatic heterocycles. The molecule has 1 N–H and O–H groups in total. The summed E-state index contributed by atoms with van der Waals surface area (Å²) >= 11 is 0. The van der Waals surface area contributed by atoms with Gasteiger partial charge in [0.05, 0.1) is 0 Å². The molecule has 1 aliphatic carbocycles. The van der Waals surface area contributed by atoms with Crippen LogP contribution in [0.2, 0.25) is 0 Å². The van der Waals surface area contributed by atoms with Gasteiger partial charge in [-0.15, -0.1) is 0 Å². The Hall–Kier alpha value is -1.88. The number of carbonyl (C=O) groups is 2. The second kappa shape index (κ2) is 6.71. The monoisotopic (exact) mass is 315 g/mol. The van der Waals surface area contributed by atoms with Gasteiger partial charge in [-0.1, -0.05) is 6.92 Å². The number of hydrogen-bond acceptors (Lipinski definition) is 3. The number of carbonyl (C=O) groups excluding carboxylic acids is 2. The first-order valence-electron chi connectivity index (χ1n) is 8.43. The van der Waals surface area contributed by atoms with E-state index < -0.39 is 0 Å². The van der Waals surface area contributed by atoms with Gasteiger partial charge >= 0.3 is 0 Å². The predicted molar refractivity (Wildman–Crippen MR) is 90.4 cm³/mol. The third kappa shape index (κ3) is 3.91. The van der Waals surface area contributed by atoms with Gasteiger partial charge in [-0.05, 0) is 56.6 Å². The molecule has 1 aromatic rings. The van der Waals surface area contributed by atoms with Crippen molar-refractivity contribution in [3.05, 3.63) is 29.8 Å². The van der Waals surface area contributed by atoms with Crippen molar-refractivity contribution < 1.29 is 9.59 Å². The molecule has 0 spiro atoms. The smallest absolute Gasteiger partial charge is 0.253 e. The van der Waals surface area contributed by atoms with E-state index in [-0.39, 0.29) is 17.7 Å². The van der Waals surface area contributed by atoms with Gasteiger partial charge in [0.1, 0.15) is 0 Å². The highest BCUT2D eigenvalue weighted by molar-refractivity contribution is 5.97. The minimum absolute atomic E-state index is 0.0778. The van der Waals surface area contributed by atoms with Crippen LogP contribution in [0.5, 0.6) is 0 Å². The predicted octanol–water partition coefficient (Wildman–Crippen LogP) is 2.06. The SMILES string of the molecule is CC1CC1C(=O)Nc1ccc(C(=O)N2CCCN(C)CC2)cc1. The Morgan fingerprint density at radius 2 is 1.78 bits per heavy atom. The number of amides is 2. The van der Waals surface area contributed by atoms with Crippen LogP contribution in [0.25, 0.3) is 0 Å². The molecule has 1 aromatic carbocycles. The van der Waals surface area contributed by atoms with Gasteiger partial charge in [-0.2, -0.15) is 0 Å². The normalized spacial score (nSPS) is 24.9. The van der Waals surface area contributed by atoms with Crippen molar-refractivity contribution in [3.63, 3.8) is 0 Å². The third-order valence-corrected chi connectivity index (χ3v) is 4.85. The van der Waals surface area contributed by atoms with Crippen LogP contribution in [-0.2, 0) is 4.79 Å². The van der Waals surface area contributed by atoms with Crippen LogP contribution >= 0.6 is 0 Å². The summed E-state index contributed by atoms with van der Waals surface area (Å²) in [5, 5.41) is 2.93. The van der Waals surface area contributed by atoms with Crippen LogP contribution in [0, 0.1) is 11.8 Å². The number of likely N-dealkylation sites (N-methyl/N-ethyl adjacent to an activating group) is 1. The second-order valence-electron chi connectivity index (χ2n) is 6.84. The lowest BCUT2D eigenvalue weighted by atomic mass is 10.1. The summed E-state index contributed by atoms with van der Waals surface area (Å²) in [4.78, 5) is 28.7. The molecule has 0 radical (unpaired) electrons. The third-order valence-electron chi connectivity index (χ3n) is 4.85. The fraction of sp³-hybridized carbons (Fsp3) is 0.556. The van der Waals surface area contributed by atoms with E-state index in [2.05, 4.69) is 24.2 Å². The van der Waals surface area contributed by atoms with Crippen LogP contribution in [0.1, 0.15) is 30.1 Å². The zero-order valence-electron chi connectivity index (χ0n) is 13.9. The summed E-state index contributed by atoms with van der Waals surface area (Å²) in [5.41, 5.74) is 1.45. The molecule has 0 aromatic heterocycles. The van der Waals surface area contributed by atoms with Crippen LogP contribution in [-0.4, -0.2) is 54.8 Å². The lowest BCUT2D eigenvalue weighted by Gasteiger charge is -2.20. The van der Waals surface area contributed by atoms with Crippen LogP contribution in [0.4, 0.5) is 5.69 Å². The Bertz CT molecular complexity index is 584. The first-order chi connectivity index (χ1) is 11.0. The lowest BCUT2D eigenvalue weighted by molar-refractivity contribution is -0.117. The summed E-state index contributed by atoms with van der Waals surface area (Å²) in [5.74, 6) is 0.823. The number of rotatable bonds is 3. The molecule has 5 heteroatoms. The van der Waals surface area contributed by atoms with Crippen LogP contribution < -0.4 is 5.32 Å². The van der Waals surface area contributed by atoms with Crippen molar-refractivity contribution in [3.8, 4) is 0 Å². The summed E-state index contributed by atoms with van der Waals surface area (Å²) in [6, 6.07) is 7.26. The average molecular weight is 315 g/mol. The average Bonchev–Trinajstić information content (AvgIpc) is 3.30. The molecule has 23 heavy (non-hydrogen) atoms. The van der Waals surface area contributed by atoms with Crippen LogP contribution in [0.15, 0.2) is 24.3 Å². The van der Waals surface area contributed by atoms with E-state index >= 15 is 0 Å². The number of nitrogens with zero attached hydrogens (tertiary/aromatic N) is 2. The van der Waals surface area contributed by atoms with Crippen molar-refractivity contribution in [2.75, 3.05) is 38.5 Å². The van der Waals surface area contributed by atoms with E-state index in [0.717, 1.165) is 44.7 Å². The molecule has 1 saturated heterocycles. The minimum atomic E-state index is 0.0778. The number of anilines is 1. The standard InChI is InChI=1S/C18H25N3O2/c1-13-12-16(13)17(22)19-15-6-4-14(5-7-15)18(23)21-9-3-8-20(2)10-11-21/h4-7,13,16H,3,8-12H2,1-2H3,(H,19,22). The van der Waals surface area contributed by atoms with E-state index in [4.69, 9.17) is 0 Å². The van der Waals surface area contributed by atoms with Gasteiger partial charge in [-0.3, -0.25) is 9.59 Å². The lowest BCUT2D eigenvalue weighted by Crippen LogP contribution is -2.34. The summed E-state index contributed by atoms with van der Waals surface area (Å²) in [7, 11) is 2.09. The molecule has 1 heterocycles. The molecule has 124 valence electrons. The molecular weight excluding hydrogens is 290 g/mol. The second-order valence-corrected chi connectivity index (χ2v) is 6.84. The molecule has 2 unspecified atom stereocenters. The number of hydrogen-bond donors (Lipinski definition) is 1. The van der Waals surface area contributed by atoms with Gasteiger partial charge in [0.2, 0.25) is 5.91 Å². The van der Waals surface area contributed by atoms with Gasteiger partial charge in [0, 0.05) is 36.8 Å². The van der Waals surface area contributed by atoms with E-state index in [9.17, 15) is 9.59 Å². The Morgan fingerprint density at radius 3 is 2.43 bits per heavy atom. The van der Waals surface area contributed by atoms with Crippen molar-refractivity contribution in [2.24, 2.45) is 11.8 Å². The van der Waals surface area contributed by atoms with Crippen molar-refractivity contribution >= 4 is 17.5 Å².